The normalized spacial score (nSPS) is 19.8. The zero-order chi connectivity index (χ0) is 13.1. The maximum Gasteiger partial charge on any atom is 0.357 e. The fourth-order valence-electron chi connectivity index (χ4n) is 2.01. The van der Waals surface area contributed by atoms with Crippen molar-refractivity contribution < 1.29 is 18.8 Å². The number of benzene rings is 1. The molecule has 0 radical (unpaired) electrons. The summed E-state index contributed by atoms with van der Waals surface area (Å²) < 4.78 is 18.5. The van der Waals surface area contributed by atoms with Crippen molar-refractivity contribution >= 4 is 5.97 Å². The fourth-order valence-corrected chi connectivity index (χ4v) is 2.01. The maximum absolute atomic E-state index is 13.3. The van der Waals surface area contributed by atoms with Gasteiger partial charge in [-0.3, -0.25) is 0 Å². The number of hydrogen-bond acceptors (Lipinski definition) is 4. The summed E-state index contributed by atoms with van der Waals surface area (Å²) in [5.74, 6) is 0.0682. The molecule has 1 aliphatic rings. The van der Waals surface area contributed by atoms with Crippen LogP contribution in [-0.2, 0) is 4.84 Å². The summed E-state index contributed by atoms with van der Waals surface area (Å²) in [4.78, 5) is 17.0. The SMILES string of the molecule is COc1cccc(C(=O)ON2CCCC2F)c1C. The van der Waals surface area contributed by atoms with E-state index in [0.29, 0.717) is 36.3 Å². The molecule has 4 nitrogen and oxygen atoms in total. The van der Waals surface area contributed by atoms with E-state index in [1.165, 1.54) is 7.11 Å². The zero-order valence-corrected chi connectivity index (χ0v) is 10.5. The molecule has 1 atom stereocenters. The van der Waals surface area contributed by atoms with E-state index in [0.717, 1.165) is 5.06 Å². The Balaban J connectivity index is 2.13. The van der Waals surface area contributed by atoms with Gasteiger partial charge in [-0.05, 0) is 31.9 Å². The molecule has 0 saturated carbocycles. The van der Waals surface area contributed by atoms with Crippen LogP contribution in [0.1, 0.15) is 28.8 Å². The van der Waals surface area contributed by atoms with E-state index in [9.17, 15) is 9.18 Å². The van der Waals surface area contributed by atoms with Crippen LogP contribution in [0.2, 0.25) is 0 Å². The monoisotopic (exact) mass is 253 g/mol. The van der Waals surface area contributed by atoms with E-state index in [1.807, 2.05) is 0 Å². The summed E-state index contributed by atoms with van der Waals surface area (Å²) in [6.45, 7) is 2.21. The van der Waals surface area contributed by atoms with Gasteiger partial charge in [-0.2, -0.15) is 0 Å². The van der Waals surface area contributed by atoms with Crippen molar-refractivity contribution in [2.75, 3.05) is 13.7 Å². The van der Waals surface area contributed by atoms with Crippen LogP contribution in [0.3, 0.4) is 0 Å². The second kappa shape index (κ2) is 5.35. The van der Waals surface area contributed by atoms with Gasteiger partial charge in [0.2, 0.25) is 0 Å². The van der Waals surface area contributed by atoms with Crippen molar-refractivity contribution in [3.63, 3.8) is 0 Å². The van der Waals surface area contributed by atoms with Gasteiger partial charge in [-0.15, -0.1) is 5.06 Å². The first-order valence-corrected chi connectivity index (χ1v) is 5.90. The lowest BCUT2D eigenvalue weighted by molar-refractivity contribution is -0.150. The van der Waals surface area contributed by atoms with Crippen molar-refractivity contribution in [3.05, 3.63) is 29.3 Å². The van der Waals surface area contributed by atoms with E-state index in [-0.39, 0.29) is 0 Å². The largest absolute Gasteiger partial charge is 0.496 e. The average molecular weight is 253 g/mol. The molecule has 2 rings (SSSR count). The summed E-state index contributed by atoms with van der Waals surface area (Å²) in [5, 5.41) is 1.10. The van der Waals surface area contributed by atoms with Crippen LogP contribution in [0, 0.1) is 6.92 Å². The minimum absolute atomic E-state index is 0.397. The number of ether oxygens (including phenoxy) is 1. The highest BCUT2D eigenvalue weighted by Crippen LogP contribution is 2.24. The van der Waals surface area contributed by atoms with Crippen molar-refractivity contribution in [3.8, 4) is 5.75 Å². The third kappa shape index (κ3) is 2.46. The molecule has 1 aliphatic heterocycles. The number of halogens is 1. The molecular formula is C13H16FNO3. The molecule has 5 heteroatoms. The lowest BCUT2D eigenvalue weighted by Gasteiger charge is -2.18. The van der Waals surface area contributed by atoms with Gasteiger partial charge in [-0.25, -0.2) is 9.18 Å². The van der Waals surface area contributed by atoms with Crippen molar-refractivity contribution in [2.24, 2.45) is 0 Å². The summed E-state index contributed by atoms with van der Waals surface area (Å²) in [6, 6.07) is 5.11. The van der Waals surface area contributed by atoms with Gasteiger partial charge in [0.25, 0.3) is 0 Å². The first kappa shape index (κ1) is 12.8. The Morgan fingerprint density at radius 1 is 1.50 bits per heavy atom. The maximum atomic E-state index is 13.3. The lowest BCUT2D eigenvalue weighted by Crippen LogP contribution is -2.29. The number of hydroxylamine groups is 2. The number of nitrogens with zero attached hydrogens (tertiary/aromatic N) is 1. The van der Waals surface area contributed by atoms with Crippen molar-refractivity contribution in [1.82, 2.24) is 5.06 Å². The molecule has 0 N–H and O–H groups in total. The van der Waals surface area contributed by atoms with Crippen LogP contribution in [0.5, 0.6) is 5.75 Å². The van der Waals surface area contributed by atoms with Crippen LogP contribution in [0.15, 0.2) is 18.2 Å². The Bertz CT molecular complexity index is 450. The summed E-state index contributed by atoms with van der Waals surface area (Å²) >= 11 is 0. The molecule has 1 heterocycles. The van der Waals surface area contributed by atoms with Gasteiger partial charge in [0.1, 0.15) is 5.75 Å². The minimum atomic E-state index is -1.19. The van der Waals surface area contributed by atoms with E-state index < -0.39 is 12.3 Å². The molecule has 0 aromatic heterocycles. The molecule has 98 valence electrons. The van der Waals surface area contributed by atoms with E-state index in [2.05, 4.69) is 0 Å². The molecule has 1 aromatic carbocycles. The molecule has 18 heavy (non-hydrogen) atoms. The number of alkyl halides is 1. The first-order chi connectivity index (χ1) is 8.63. The summed E-state index contributed by atoms with van der Waals surface area (Å²) in [6.07, 6.45) is -0.0875. The molecule has 0 amide bonds. The number of carbonyl (C=O) groups is 1. The fraction of sp³-hybridized carbons (Fsp3) is 0.462. The number of hydrogen-bond donors (Lipinski definition) is 0. The highest BCUT2D eigenvalue weighted by Gasteiger charge is 2.28. The van der Waals surface area contributed by atoms with Crippen LogP contribution in [0.25, 0.3) is 0 Å². The highest BCUT2D eigenvalue weighted by molar-refractivity contribution is 5.91. The van der Waals surface area contributed by atoms with Gasteiger partial charge in [0, 0.05) is 12.1 Å². The second-order valence-electron chi connectivity index (χ2n) is 4.23. The van der Waals surface area contributed by atoms with E-state index in [1.54, 1.807) is 25.1 Å². The van der Waals surface area contributed by atoms with Gasteiger partial charge in [0.05, 0.1) is 12.7 Å². The van der Waals surface area contributed by atoms with E-state index >= 15 is 0 Å². The number of carbonyl (C=O) groups excluding carboxylic acids is 1. The number of methoxy groups -OCH3 is 1. The minimum Gasteiger partial charge on any atom is -0.496 e. The van der Waals surface area contributed by atoms with Crippen LogP contribution < -0.4 is 4.74 Å². The average Bonchev–Trinajstić information content (AvgIpc) is 2.75. The highest BCUT2D eigenvalue weighted by atomic mass is 19.1. The molecule has 1 aromatic rings. The first-order valence-electron chi connectivity index (χ1n) is 5.90. The quantitative estimate of drug-likeness (QED) is 0.776. The van der Waals surface area contributed by atoms with Crippen molar-refractivity contribution in [1.29, 1.82) is 0 Å². The topological polar surface area (TPSA) is 38.8 Å². The Morgan fingerprint density at radius 3 is 2.89 bits per heavy atom. The molecule has 0 aliphatic carbocycles. The van der Waals surface area contributed by atoms with Crippen LogP contribution in [0.4, 0.5) is 4.39 Å². The van der Waals surface area contributed by atoms with Crippen LogP contribution in [-0.4, -0.2) is 31.0 Å². The predicted molar refractivity (Wildman–Crippen MR) is 64.0 cm³/mol. The Labute approximate surface area is 105 Å². The molecule has 0 bridgehead atoms. The van der Waals surface area contributed by atoms with Gasteiger partial charge in [-0.1, -0.05) is 6.07 Å². The van der Waals surface area contributed by atoms with Gasteiger partial charge >= 0.3 is 5.97 Å². The standard InChI is InChI=1S/C13H16FNO3/c1-9-10(5-3-6-11(9)17-2)13(16)18-15-8-4-7-12(15)14/h3,5-6,12H,4,7-8H2,1-2H3. The second-order valence-corrected chi connectivity index (χ2v) is 4.23. The van der Waals surface area contributed by atoms with E-state index in [4.69, 9.17) is 9.57 Å². The summed E-state index contributed by atoms with van der Waals surface area (Å²) in [7, 11) is 1.54. The Hall–Kier alpha value is -1.62. The van der Waals surface area contributed by atoms with Gasteiger partial charge in [0.15, 0.2) is 6.30 Å². The molecule has 0 spiro atoms. The zero-order valence-electron chi connectivity index (χ0n) is 10.5. The van der Waals surface area contributed by atoms with Gasteiger partial charge < -0.3 is 9.57 Å². The van der Waals surface area contributed by atoms with Crippen molar-refractivity contribution in [2.45, 2.75) is 26.1 Å². The third-order valence-corrected chi connectivity index (χ3v) is 3.06. The predicted octanol–water partition coefficient (Wildman–Crippen LogP) is 2.47. The molecule has 1 fully saturated rings. The molecular weight excluding hydrogens is 237 g/mol. The van der Waals surface area contributed by atoms with Crippen LogP contribution >= 0.6 is 0 Å². The lowest BCUT2D eigenvalue weighted by atomic mass is 10.1. The summed E-state index contributed by atoms with van der Waals surface area (Å²) in [5.41, 5.74) is 1.09. The third-order valence-electron chi connectivity index (χ3n) is 3.06. The Morgan fingerprint density at radius 2 is 2.28 bits per heavy atom. The smallest absolute Gasteiger partial charge is 0.357 e. The number of rotatable bonds is 3. The Kier molecular flexibility index (Phi) is 3.81. The molecule has 1 unspecified atom stereocenters. The molecule has 1 saturated heterocycles.